The lowest BCUT2D eigenvalue weighted by Gasteiger charge is -2.23. The number of carbonyl (C=O) groups is 2. The number of benzene rings is 2. The maximum atomic E-state index is 13.3. The predicted octanol–water partition coefficient (Wildman–Crippen LogP) is 2.40. The minimum absolute atomic E-state index is 0.0254. The summed E-state index contributed by atoms with van der Waals surface area (Å²) in [5.41, 5.74) is 0.723. The van der Waals surface area contributed by atoms with Gasteiger partial charge in [0.1, 0.15) is 11.2 Å². The van der Waals surface area contributed by atoms with Crippen LogP contribution in [0.15, 0.2) is 54.7 Å². The molecule has 31 heavy (non-hydrogen) atoms. The minimum atomic E-state index is -1.21. The number of urea groups is 1. The summed E-state index contributed by atoms with van der Waals surface area (Å²) in [6.45, 7) is 2.83. The Kier molecular flexibility index (Phi) is 4.58. The summed E-state index contributed by atoms with van der Waals surface area (Å²) in [7, 11) is 0. The Morgan fingerprint density at radius 2 is 1.84 bits per heavy atom. The Balaban J connectivity index is 1.38. The fraction of sp³-hybridized carbons (Fsp3) is 0.273. The number of ether oxygens (including phenoxy) is 2. The number of para-hydroxylation sites is 1. The molecule has 0 aliphatic carbocycles. The van der Waals surface area contributed by atoms with Gasteiger partial charge in [0.2, 0.25) is 0 Å². The van der Waals surface area contributed by atoms with E-state index in [9.17, 15) is 9.59 Å². The highest BCUT2D eigenvalue weighted by molar-refractivity contribution is 6.07. The molecule has 3 amide bonds. The Morgan fingerprint density at radius 3 is 2.65 bits per heavy atom. The van der Waals surface area contributed by atoms with Gasteiger partial charge < -0.3 is 14.8 Å². The number of fused-ring (bicyclic) bond motifs is 1. The number of carbonyl (C=O) groups excluding carboxylic acids is 2. The number of imide groups is 1. The molecule has 1 atom stereocenters. The molecule has 1 aromatic heterocycles. The maximum absolute atomic E-state index is 13.3. The van der Waals surface area contributed by atoms with Gasteiger partial charge in [-0.2, -0.15) is 15.0 Å². The van der Waals surface area contributed by atoms with Gasteiger partial charge in [0.25, 0.3) is 5.91 Å². The van der Waals surface area contributed by atoms with E-state index in [0.29, 0.717) is 36.0 Å². The molecule has 9 heteroatoms. The van der Waals surface area contributed by atoms with Crippen LogP contribution in [-0.2, 0) is 16.9 Å². The SMILES string of the molecule is CC1(c2ccc3c(c2)OCCCO3)NC(=O)N(Cc2cnn(-c3ccccc3)n2)C1=O. The number of rotatable bonds is 4. The first-order valence-corrected chi connectivity index (χ1v) is 10.1. The van der Waals surface area contributed by atoms with E-state index < -0.39 is 11.6 Å². The number of hydrogen-bond donors (Lipinski definition) is 1. The molecule has 2 aliphatic rings. The van der Waals surface area contributed by atoms with Crippen molar-refractivity contribution in [3.8, 4) is 17.2 Å². The van der Waals surface area contributed by atoms with Crippen molar-refractivity contribution in [2.24, 2.45) is 0 Å². The smallest absolute Gasteiger partial charge is 0.325 e. The van der Waals surface area contributed by atoms with Gasteiger partial charge in [-0.05, 0) is 36.8 Å². The van der Waals surface area contributed by atoms with E-state index in [1.54, 1.807) is 31.3 Å². The van der Waals surface area contributed by atoms with Crippen LogP contribution in [0.5, 0.6) is 11.5 Å². The normalized spacial score (nSPS) is 20.5. The summed E-state index contributed by atoms with van der Waals surface area (Å²) in [4.78, 5) is 28.6. The molecule has 0 saturated carbocycles. The highest BCUT2D eigenvalue weighted by Gasteiger charge is 2.49. The van der Waals surface area contributed by atoms with E-state index in [2.05, 4.69) is 15.5 Å². The molecule has 0 radical (unpaired) electrons. The molecule has 2 aliphatic heterocycles. The van der Waals surface area contributed by atoms with Crippen molar-refractivity contribution in [3.05, 3.63) is 66.0 Å². The summed E-state index contributed by atoms with van der Waals surface area (Å²) in [5, 5.41) is 11.4. The summed E-state index contributed by atoms with van der Waals surface area (Å²) < 4.78 is 11.4. The van der Waals surface area contributed by atoms with Gasteiger partial charge in [0.05, 0.1) is 31.6 Å². The van der Waals surface area contributed by atoms with Gasteiger partial charge in [-0.25, -0.2) is 4.79 Å². The lowest BCUT2D eigenvalue weighted by Crippen LogP contribution is -2.40. The third-order valence-corrected chi connectivity index (χ3v) is 5.45. The number of nitrogens with one attached hydrogen (secondary N) is 1. The van der Waals surface area contributed by atoms with E-state index in [1.165, 1.54) is 4.80 Å². The second-order valence-corrected chi connectivity index (χ2v) is 7.62. The van der Waals surface area contributed by atoms with Crippen LogP contribution in [0, 0.1) is 0 Å². The van der Waals surface area contributed by atoms with E-state index in [4.69, 9.17) is 9.47 Å². The van der Waals surface area contributed by atoms with Gasteiger partial charge in [0.15, 0.2) is 11.5 Å². The van der Waals surface area contributed by atoms with Crippen LogP contribution in [0.25, 0.3) is 5.69 Å². The molecule has 158 valence electrons. The van der Waals surface area contributed by atoms with Crippen molar-refractivity contribution < 1.29 is 19.1 Å². The highest BCUT2D eigenvalue weighted by atomic mass is 16.5. The zero-order valence-corrected chi connectivity index (χ0v) is 16.9. The zero-order chi connectivity index (χ0) is 21.4. The van der Waals surface area contributed by atoms with Crippen molar-refractivity contribution in [1.29, 1.82) is 0 Å². The molecule has 3 aromatic rings. The van der Waals surface area contributed by atoms with Crippen molar-refractivity contribution in [2.45, 2.75) is 25.4 Å². The molecule has 1 saturated heterocycles. The summed E-state index contributed by atoms with van der Waals surface area (Å²) >= 11 is 0. The first-order valence-electron chi connectivity index (χ1n) is 10.1. The topological polar surface area (TPSA) is 98.6 Å². The molecule has 3 heterocycles. The molecule has 5 rings (SSSR count). The Bertz CT molecular complexity index is 1150. The first kappa shape index (κ1) is 19.1. The Morgan fingerprint density at radius 1 is 1.06 bits per heavy atom. The number of aromatic nitrogens is 3. The van der Waals surface area contributed by atoms with Gasteiger partial charge in [-0.1, -0.05) is 24.3 Å². The second kappa shape index (κ2) is 7.42. The van der Waals surface area contributed by atoms with Crippen LogP contribution in [-0.4, -0.2) is 45.0 Å². The highest BCUT2D eigenvalue weighted by Crippen LogP contribution is 2.36. The van der Waals surface area contributed by atoms with Crippen LogP contribution >= 0.6 is 0 Å². The van der Waals surface area contributed by atoms with Crippen LogP contribution in [0.1, 0.15) is 24.6 Å². The predicted molar refractivity (Wildman–Crippen MR) is 110 cm³/mol. The van der Waals surface area contributed by atoms with Crippen molar-refractivity contribution in [3.63, 3.8) is 0 Å². The standard InChI is InChI=1S/C22H21N5O4/c1-22(15-8-9-18-19(12-15)31-11-5-10-30-18)20(28)26(21(29)24-22)14-16-13-23-27(25-16)17-6-3-2-4-7-17/h2-4,6-9,12-13H,5,10-11,14H2,1H3,(H,24,29). The van der Waals surface area contributed by atoms with E-state index in [-0.39, 0.29) is 12.5 Å². The van der Waals surface area contributed by atoms with Crippen LogP contribution in [0.3, 0.4) is 0 Å². The van der Waals surface area contributed by atoms with Crippen LogP contribution in [0.2, 0.25) is 0 Å². The molecular weight excluding hydrogens is 398 g/mol. The molecule has 1 fully saturated rings. The lowest BCUT2D eigenvalue weighted by atomic mass is 9.91. The average molecular weight is 419 g/mol. The molecular formula is C22H21N5O4. The van der Waals surface area contributed by atoms with Gasteiger partial charge in [0, 0.05) is 6.42 Å². The third-order valence-electron chi connectivity index (χ3n) is 5.45. The average Bonchev–Trinajstić information content (AvgIpc) is 3.23. The quantitative estimate of drug-likeness (QED) is 0.652. The van der Waals surface area contributed by atoms with Crippen molar-refractivity contribution in [1.82, 2.24) is 25.2 Å². The van der Waals surface area contributed by atoms with E-state index in [0.717, 1.165) is 17.0 Å². The molecule has 2 aromatic carbocycles. The fourth-order valence-corrected chi connectivity index (χ4v) is 3.73. The number of amides is 3. The van der Waals surface area contributed by atoms with Crippen LogP contribution < -0.4 is 14.8 Å². The monoisotopic (exact) mass is 419 g/mol. The number of nitrogens with zero attached hydrogens (tertiary/aromatic N) is 4. The largest absolute Gasteiger partial charge is 0.490 e. The molecule has 0 spiro atoms. The molecule has 1 N–H and O–H groups in total. The molecule has 1 unspecified atom stereocenters. The number of hydrogen-bond acceptors (Lipinski definition) is 6. The lowest BCUT2D eigenvalue weighted by molar-refractivity contribution is -0.131. The van der Waals surface area contributed by atoms with E-state index in [1.807, 2.05) is 30.3 Å². The van der Waals surface area contributed by atoms with Gasteiger partial charge in [-0.3, -0.25) is 9.69 Å². The summed E-state index contributed by atoms with van der Waals surface area (Å²) in [6.07, 6.45) is 2.34. The third kappa shape index (κ3) is 3.37. The van der Waals surface area contributed by atoms with Gasteiger partial charge >= 0.3 is 6.03 Å². The Hall–Kier alpha value is -3.88. The van der Waals surface area contributed by atoms with Crippen molar-refractivity contribution >= 4 is 11.9 Å². The molecule has 0 bridgehead atoms. The minimum Gasteiger partial charge on any atom is -0.490 e. The fourth-order valence-electron chi connectivity index (χ4n) is 3.73. The van der Waals surface area contributed by atoms with Crippen LogP contribution in [0.4, 0.5) is 4.79 Å². The van der Waals surface area contributed by atoms with Gasteiger partial charge in [-0.15, -0.1) is 0 Å². The summed E-state index contributed by atoms with van der Waals surface area (Å²) in [5.74, 6) is 0.847. The summed E-state index contributed by atoms with van der Waals surface area (Å²) in [6, 6.07) is 14.3. The Labute approximate surface area is 178 Å². The second-order valence-electron chi connectivity index (χ2n) is 7.62. The van der Waals surface area contributed by atoms with Crippen molar-refractivity contribution in [2.75, 3.05) is 13.2 Å². The van der Waals surface area contributed by atoms with E-state index >= 15 is 0 Å². The maximum Gasteiger partial charge on any atom is 0.325 e. The zero-order valence-electron chi connectivity index (χ0n) is 16.9. The molecule has 9 nitrogen and oxygen atoms in total. The first-order chi connectivity index (χ1) is 15.0.